The predicted molar refractivity (Wildman–Crippen MR) is 107 cm³/mol. The second-order valence-corrected chi connectivity index (χ2v) is 6.61. The van der Waals surface area contributed by atoms with Crippen molar-refractivity contribution in [1.82, 2.24) is 0 Å². The van der Waals surface area contributed by atoms with Crippen LogP contribution in [0.4, 0.5) is 0 Å². The largest absolute Gasteiger partial charge is 0.379 e. The number of halogens is 1. The fourth-order valence-corrected chi connectivity index (χ4v) is 2.53. The summed E-state index contributed by atoms with van der Waals surface area (Å²) in [7, 11) is 0. The van der Waals surface area contributed by atoms with Crippen molar-refractivity contribution in [2.24, 2.45) is 0 Å². The van der Waals surface area contributed by atoms with Crippen molar-refractivity contribution in [2.75, 3.05) is 65.3 Å². The van der Waals surface area contributed by atoms with Gasteiger partial charge >= 0.3 is 0 Å². The first-order valence-corrected chi connectivity index (χ1v) is 10.9. The lowest BCUT2D eigenvalue weighted by Crippen LogP contribution is -2.19. The lowest BCUT2D eigenvalue weighted by Gasteiger charge is -2.15. The monoisotopic (exact) mass is 396 g/mol. The molecule has 0 aliphatic carbocycles. The maximum atomic E-state index is 5.94. The van der Waals surface area contributed by atoms with E-state index in [1.54, 1.807) is 0 Å². The molecule has 0 saturated carbocycles. The SMILES string of the molecule is CCCCCC[C@@H](CCl)OCCOCCOCCOCCOCCCC. The van der Waals surface area contributed by atoms with Crippen LogP contribution >= 0.6 is 11.6 Å². The zero-order valence-electron chi connectivity index (χ0n) is 17.0. The minimum atomic E-state index is 0.150. The van der Waals surface area contributed by atoms with E-state index in [1.165, 1.54) is 25.7 Å². The van der Waals surface area contributed by atoms with Gasteiger partial charge in [0.05, 0.1) is 59.0 Å². The molecule has 158 valence electrons. The molecule has 1 atom stereocenters. The Hall–Kier alpha value is 0.0900. The van der Waals surface area contributed by atoms with Gasteiger partial charge in [-0.2, -0.15) is 0 Å². The van der Waals surface area contributed by atoms with E-state index < -0.39 is 0 Å². The lowest BCUT2D eigenvalue weighted by molar-refractivity contribution is -0.0208. The van der Waals surface area contributed by atoms with Gasteiger partial charge in [0, 0.05) is 12.5 Å². The summed E-state index contributed by atoms with van der Waals surface area (Å²) in [6.07, 6.45) is 8.45. The Bertz CT molecular complexity index is 256. The highest BCUT2D eigenvalue weighted by Gasteiger charge is 2.07. The summed E-state index contributed by atoms with van der Waals surface area (Å²) in [4.78, 5) is 0. The van der Waals surface area contributed by atoms with Gasteiger partial charge in [0.15, 0.2) is 0 Å². The van der Waals surface area contributed by atoms with E-state index in [-0.39, 0.29) is 6.10 Å². The molecule has 0 aromatic heterocycles. The van der Waals surface area contributed by atoms with E-state index >= 15 is 0 Å². The van der Waals surface area contributed by atoms with Crippen LogP contribution in [0.3, 0.4) is 0 Å². The van der Waals surface area contributed by atoms with Crippen LogP contribution in [-0.4, -0.2) is 71.4 Å². The average molecular weight is 397 g/mol. The molecule has 0 aromatic carbocycles. The summed E-state index contributed by atoms with van der Waals surface area (Å²) in [5.41, 5.74) is 0. The molecular formula is C20H41ClO5. The van der Waals surface area contributed by atoms with Gasteiger partial charge in [0.25, 0.3) is 0 Å². The van der Waals surface area contributed by atoms with E-state index in [0.29, 0.717) is 58.7 Å². The maximum Gasteiger partial charge on any atom is 0.0711 e. The number of ether oxygens (including phenoxy) is 5. The fourth-order valence-electron chi connectivity index (χ4n) is 2.29. The van der Waals surface area contributed by atoms with Gasteiger partial charge in [-0.1, -0.05) is 46.0 Å². The van der Waals surface area contributed by atoms with Gasteiger partial charge in [-0.05, 0) is 12.8 Å². The Labute approximate surface area is 166 Å². The summed E-state index contributed by atoms with van der Waals surface area (Å²) in [5.74, 6) is 0.554. The van der Waals surface area contributed by atoms with Crippen molar-refractivity contribution >= 4 is 11.6 Å². The third-order valence-electron chi connectivity index (χ3n) is 3.89. The Morgan fingerprint density at radius 2 is 1.08 bits per heavy atom. The number of hydrogen-bond donors (Lipinski definition) is 0. The Morgan fingerprint density at radius 3 is 1.58 bits per heavy atom. The quantitative estimate of drug-likeness (QED) is 0.200. The first-order valence-electron chi connectivity index (χ1n) is 10.3. The molecule has 0 aliphatic rings. The van der Waals surface area contributed by atoms with Gasteiger partial charge in [0.2, 0.25) is 0 Å². The van der Waals surface area contributed by atoms with Gasteiger partial charge < -0.3 is 23.7 Å². The molecule has 0 aliphatic heterocycles. The van der Waals surface area contributed by atoms with Crippen LogP contribution in [0.2, 0.25) is 0 Å². The van der Waals surface area contributed by atoms with Crippen LogP contribution < -0.4 is 0 Å². The smallest absolute Gasteiger partial charge is 0.0711 e. The first-order chi connectivity index (χ1) is 12.8. The molecule has 26 heavy (non-hydrogen) atoms. The minimum absolute atomic E-state index is 0.150. The van der Waals surface area contributed by atoms with E-state index in [1.807, 2.05) is 0 Å². The first kappa shape index (κ1) is 26.1. The number of rotatable bonds is 22. The minimum Gasteiger partial charge on any atom is -0.379 e. The number of alkyl halides is 1. The summed E-state index contributed by atoms with van der Waals surface area (Å²) >= 11 is 5.94. The predicted octanol–water partition coefficient (Wildman–Crippen LogP) is 4.45. The van der Waals surface area contributed by atoms with Gasteiger partial charge in [0.1, 0.15) is 0 Å². The lowest BCUT2D eigenvalue weighted by atomic mass is 10.1. The van der Waals surface area contributed by atoms with Crippen molar-refractivity contribution in [3.05, 3.63) is 0 Å². The van der Waals surface area contributed by atoms with Crippen LogP contribution in [0.5, 0.6) is 0 Å². The zero-order valence-corrected chi connectivity index (χ0v) is 17.8. The van der Waals surface area contributed by atoms with Crippen LogP contribution in [0, 0.1) is 0 Å². The van der Waals surface area contributed by atoms with E-state index in [2.05, 4.69) is 13.8 Å². The van der Waals surface area contributed by atoms with E-state index in [0.717, 1.165) is 25.9 Å². The molecule has 0 spiro atoms. The molecule has 0 heterocycles. The molecule has 0 N–H and O–H groups in total. The summed E-state index contributed by atoms with van der Waals surface area (Å²) < 4.78 is 27.5. The second kappa shape index (κ2) is 23.1. The normalized spacial score (nSPS) is 12.6. The topological polar surface area (TPSA) is 46.2 Å². The molecule has 0 unspecified atom stereocenters. The highest BCUT2D eigenvalue weighted by atomic mass is 35.5. The zero-order chi connectivity index (χ0) is 19.1. The highest BCUT2D eigenvalue weighted by Crippen LogP contribution is 2.09. The molecular weight excluding hydrogens is 356 g/mol. The fraction of sp³-hybridized carbons (Fsp3) is 1.00. The second-order valence-electron chi connectivity index (χ2n) is 6.30. The van der Waals surface area contributed by atoms with Crippen LogP contribution in [0.15, 0.2) is 0 Å². The molecule has 0 fully saturated rings. The van der Waals surface area contributed by atoms with Crippen molar-refractivity contribution in [3.63, 3.8) is 0 Å². The van der Waals surface area contributed by atoms with Crippen molar-refractivity contribution in [2.45, 2.75) is 64.9 Å². The van der Waals surface area contributed by atoms with Crippen LogP contribution in [-0.2, 0) is 23.7 Å². The molecule has 0 radical (unpaired) electrons. The number of hydrogen-bond acceptors (Lipinski definition) is 5. The van der Waals surface area contributed by atoms with Gasteiger partial charge in [-0.15, -0.1) is 11.6 Å². The van der Waals surface area contributed by atoms with E-state index in [9.17, 15) is 0 Å². The van der Waals surface area contributed by atoms with Crippen molar-refractivity contribution < 1.29 is 23.7 Å². The number of unbranched alkanes of at least 4 members (excludes halogenated alkanes) is 4. The molecule has 0 rings (SSSR count). The van der Waals surface area contributed by atoms with Crippen LogP contribution in [0.1, 0.15) is 58.8 Å². The van der Waals surface area contributed by atoms with Gasteiger partial charge in [-0.3, -0.25) is 0 Å². The molecule has 5 nitrogen and oxygen atoms in total. The molecule has 0 aromatic rings. The maximum absolute atomic E-state index is 5.94. The van der Waals surface area contributed by atoms with Crippen molar-refractivity contribution in [3.8, 4) is 0 Å². The van der Waals surface area contributed by atoms with Gasteiger partial charge in [-0.25, -0.2) is 0 Å². The third kappa shape index (κ3) is 20.4. The van der Waals surface area contributed by atoms with Crippen molar-refractivity contribution in [1.29, 1.82) is 0 Å². The molecule has 0 bridgehead atoms. The van der Waals surface area contributed by atoms with Crippen LogP contribution in [0.25, 0.3) is 0 Å². The third-order valence-corrected chi connectivity index (χ3v) is 4.24. The summed E-state index contributed by atoms with van der Waals surface area (Å²) in [6, 6.07) is 0. The highest BCUT2D eigenvalue weighted by molar-refractivity contribution is 6.18. The Morgan fingerprint density at radius 1 is 0.577 bits per heavy atom. The summed E-state index contributed by atoms with van der Waals surface area (Å²) in [6.45, 7) is 9.97. The van der Waals surface area contributed by atoms with E-state index in [4.69, 9.17) is 35.3 Å². The average Bonchev–Trinajstić information content (AvgIpc) is 2.66. The standard InChI is InChI=1S/C20H41ClO5/c1-3-5-7-8-9-20(19-21)26-18-17-25-16-15-24-14-13-23-12-11-22-10-6-4-2/h20H,3-19H2,1-2H3/t20-/m0/s1. The molecule has 0 amide bonds. The molecule has 6 heteroatoms. The molecule has 0 saturated heterocycles. The summed E-state index contributed by atoms with van der Waals surface area (Å²) in [5, 5.41) is 0. The Balaban J connectivity index is 3.18. The Kier molecular flexibility index (Phi) is 23.2.